The van der Waals surface area contributed by atoms with Gasteiger partial charge >= 0.3 is 12.1 Å². The second-order valence-electron chi connectivity index (χ2n) is 14.9. The van der Waals surface area contributed by atoms with Crippen molar-refractivity contribution < 1.29 is 27.8 Å². The first-order chi connectivity index (χ1) is 27.1. The lowest BCUT2D eigenvalue weighted by molar-refractivity contribution is 0.0137. The molecular weight excluding hydrogens is 722 g/mol. The van der Waals surface area contributed by atoms with Crippen molar-refractivity contribution in [2.45, 2.75) is 50.7 Å². The average molecular weight is 765 g/mol. The van der Waals surface area contributed by atoms with E-state index in [2.05, 4.69) is 43.0 Å². The molecule has 3 aromatic heterocycles. The van der Waals surface area contributed by atoms with Crippen LogP contribution in [-0.2, 0) is 9.47 Å². The molecule has 56 heavy (non-hydrogen) atoms. The third kappa shape index (κ3) is 6.73. The van der Waals surface area contributed by atoms with E-state index in [1.807, 2.05) is 6.92 Å². The largest absolute Gasteiger partial charge is 0.461 e. The minimum absolute atomic E-state index is 0.00826. The Balaban J connectivity index is 1.16. The first-order valence-corrected chi connectivity index (χ1v) is 18.7. The minimum Gasteiger partial charge on any atom is -0.461 e. The van der Waals surface area contributed by atoms with Gasteiger partial charge in [0.15, 0.2) is 5.82 Å². The zero-order chi connectivity index (χ0) is 39.1. The molecule has 0 saturated carbocycles. The number of nitrogens with zero attached hydrogens (tertiary/aromatic N) is 5. The van der Waals surface area contributed by atoms with Gasteiger partial charge in [-0.25, -0.2) is 18.6 Å². The van der Waals surface area contributed by atoms with Gasteiger partial charge in [0.25, 0.3) is 5.56 Å². The van der Waals surface area contributed by atoms with E-state index < -0.39 is 28.8 Å². The summed E-state index contributed by atoms with van der Waals surface area (Å²) < 4.78 is 49.6. The summed E-state index contributed by atoms with van der Waals surface area (Å²) in [4.78, 5) is 46.8. The summed E-state index contributed by atoms with van der Waals surface area (Å²) in [6.45, 7) is 7.17. The van der Waals surface area contributed by atoms with Gasteiger partial charge in [-0.2, -0.15) is 9.97 Å². The number of morpholine rings is 1. The second-order valence-corrected chi connectivity index (χ2v) is 14.9. The quantitative estimate of drug-likeness (QED) is 0.160. The van der Waals surface area contributed by atoms with E-state index in [4.69, 9.17) is 26.4 Å². The van der Waals surface area contributed by atoms with E-state index in [1.54, 1.807) is 47.5 Å². The molecule has 0 spiro atoms. The molecule has 3 aliphatic rings. The van der Waals surface area contributed by atoms with Crippen LogP contribution in [0.4, 0.5) is 25.2 Å². The maximum atomic E-state index is 17.0. The Morgan fingerprint density at radius 1 is 1.18 bits per heavy atom. The Bertz CT molecular complexity index is 2430. The standard InChI is InChI=1S/C41H42F2N8O5/c1-4-27-30(42)11-10-25-7-5-8-29(31(25)27)34-33(43)35-32(38(52)47-34)37(46-24(3)28-9-6-14-45-36(28)44)49-39(48-35)56-22-41-13-12-26(51(41)20-23(2)19-41)21-55-40(53)50-15-17-54-18-16-50/h1,5-11,14,23-24,26H,12-13,15-22H2,2-3H3,(H2,44,45)(H,47,52)(H,46,48,49)/t23?,24?,26-,41-/m0/s1. The summed E-state index contributed by atoms with van der Waals surface area (Å²) >= 11 is 0. The van der Waals surface area contributed by atoms with E-state index in [1.165, 1.54) is 6.07 Å². The number of aromatic nitrogens is 4. The first-order valence-electron chi connectivity index (χ1n) is 18.7. The number of halogens is 2. The highest BCUT2D eigenvalue weighted by Crippen LogP contribution is 2.45. The van der Waals surface area contributed by atoms with Crippen molar-refractivity contribution in [2.75, 3.05) is 57.1 Å². The molecule has 13 nitrogen and oxygen atoms in total. The van der Waals surface area contributed by atoms with Gasteiger partial charge in [-0.3, -0.25) is 9.69 Å². The molecule has 4 atom stereocenters. The SMILES string of the molecule is C#Cc1c(F)ccc2cccc(-c3[nH]c(=O)c4c(NC(C)c5cccnc5N)nc(OC[C@@]56CC[C@@H](COC(=O)N7CCOCC7)N5CC(C)C6)nc4c3F)c12. The van der Waals surface area contributed by atoms with Crippen molar-refractivity contribution in [3.05, 3.63) is 81.8 Å². The second kappa shape index (κ2) is 15.0. The topological polar surface area (TPSA) is 161 Å². The normalized spacial score (nSPS) is 21.5. The van der Waals surface area contributed by atoms with Crippen molar-refractivity contribution in [3.8, 4) is 29.6 Å². The maximum Gasteiger partial charge on any atom is 0.409 e. The first kappa shape index (κ1) is 37.1. The average Bonchev–Trinajstić information content (AvgIpc) is 3.71. The van der Waals surface area contributed by atoms with E-state index >= 15 is 4.39 Å². The highest BCUT2D eigenvalue weighted by molar-refractivity contribution is 6.02. The molecule has 15 heteroatoms. The smallest absolute Gasteiger partial charge is 0.409 e. The van der Waals surface area contributed by atoms with Crippen molar-refractivity contribution >= 4 is 39.4 Å². The molecule has 3 aliphatic heterocycles. The molecule has 1 amide bonds. The summed E-state index contributed by atoms with van der Waals surface area (Å²) in [6.07, 6.45) is 9.34. The predicted molar refractivity (Wildman–Crippen MR) is 207 cm³/mol. The molecular formula is C41H42F2N8O5. The summed E-state index contributed by atoms with van der Waals surface area (Å²) in [6, 6.07) is 10.6. The molecule has 2 unspecified atom stereocenters. The van der Waals surface area contributed by atoms with E-state index in [9.17, 15) is 14.0 Å². The van der Waals surface area contributed by atoms with Gasteiger partial charge in [-0.1, -0.05) is 43.2 Å². The molecule has 8 rings (SSSR count). The molecule has 3 saturated heterocycles. The molecule has 0 aliphatic carbocycles. The van der Waals surface area contributed by atoms with Crippen LogP contribution in [0.1, 0.15) is 50.3 Å². The number of ether oxygens (including phenoxy) is 3. The molecule has 290 valence electrons. The van der Waals surface area contributed by atoms with Gasteiger partial charge in [0.1, 0.15) is 41.6 Å². The van der Waals surface area contributed by atoms with Crippen LogP contribution in [0.2, 0.25) is 0 Å². The van der Waals surface area contributed by atoms with Crippen LogP contribution < -0.4 is 21.3 Å². The number of H-pyrrole nitrogens is 1. The number of pyridine rings is 2. The number of aromatic amines is 1. The fourth-order valence-electron chi connectivity index (χ4n) is 8.62. The van der Waals surface area contributed by atoms with Crippen LogP contribution >= 0.6 is 0 Å². The number of fused-ring (bicyclic) bond motifs is 3. The number of nitrogens with two attached hydrogens (primary N) is 1. The van der Waals surface area contributed by atoms with E-state index in [0.717, 1.165) is 25.8 Å². The Kier molecular flexibility index (Phi) is 9.94. The van der Waals surface area contributed by atoms with Crippen LogP contribution in [0.15, 0.2) is 53.5 Å². The lowest BCUT2D eigenvalue weighted by atomic mass is 9.91. The van der Waals surface area contributed by atoms with Crippen molar-refractivity contribution in [1.82, 2.24) is 29.7 Å². The third-order valence-corrected chi connectivity index (χ3v) is 11.2. The molecule has 0 bridgehead atoms. The van der Waals surface area contributed by atoms with Gasteiger partial charge in [-0.05, 0) is 49.6 Å². The molecule has 0 radical (unpaired) electrons. The number of nitrogen functional groups attached to an aromatic ring is 1. The van der Waals surface area contributed by atoms with Crippen LogP contribution in [0.5, 0.6) is 6.01 Å². The minimum atomic E-state index is -0.875. The van der Waals surface area contributed by atoms with Crippen LogP contribution in [0.25, 0.3) is 32.9 Å². The number of terminal acetylenes is 1. The fourth-order valence-corrected chi connectivity index (χ4v) is 8.62. The zero-order valence-electron chi connectivity index (χ0n) is 31.1. The maximum absolute atomic E-state index is 17.0. The Labute approximate surface area is 321 Å². The Morgan fingerprint density at radius 3 is 2.79 bits per heavy atom. The Hall–Kier alpha value is -5.85. The molecule has 5 aromatic rings. The van der Waals surface area contributed by atoms with Crippen molar-refractivity contribution in [1.29, 1.82) is 0 Å². The Morgan fingerprint density at radius 2 is 2.00 bits per heavy atom. The lowest BCUT2D eigenvalue weighted by Gasteiger charge is -2.34. The molecule has 3 fully saturated rings. The van der Waals surface area contributed by atoms with Gasteiger partial charge in [0.2, 0.25) is 0 Å². The number of nitrogens with one attached hydrogen (secondary N) is 2. The third-order valence-electron chi connectivity index (χ3n) is 11.2. The molecule has 4 N–H and O–H groups in total. The number of carbonyl (C=O) groups excluding carboxylic acids is 1. The number of rotatable bonds is 9. The number of benzene rings is 2. The summed E-state index contributed by atoms with van der Waals surface area (Å²) in [5.41, 5.74) is 5.35. The van der Waals surface area contributed by atoms with E-state index in [0.29, 0.717) is 43.2 Å². The number of hydrogen-bond donors (Lipinski definition) is 3. The van der Waals surface area contributed by atoms with E-state index in [-0.39, 0.29) is 76.1 Å². The number of carbonyl (C=O) groups is 1. The van der Waals surface area contributed by atoms with Crippen molar-refractivity contribution in [2.24, 2.45) is 5.92 Å². The van der Waals surface area contributed by atoms with Crippen molar-refractivity contribution in [3.63, 3.8) is 0 Å². The van der Waals surface area contributed by atoms with Crippen LogP contribution in [0.3, 0.4) is 0 Å². The predicted octanol–water partition coefficient (Wildman–Crippen LogP) is 5.64. The lowest BCUT2D eigenvalue weighted by Crippen LogP contribution is -2.48. The monoisotopic (exact) mass is 764 g/mol. The highest BCUT2D eigenvalue weighted by atomic mass is 19.1. The van der Waals surface area contributed by atoms with Gasteiger partial charge in [0, 0.05) is 48.4 Å². The zero-order valence-corrected chi connectivity index (χ0v) is 31.1. The summed E-state index contributed by atoms with van der Waals surface area (Å²) in [5, 5.41) is 3.91. The fraction of sp³-hybridized carbons (Fsp3) is 0.390. The van der Waals surface area contributed by atoms with Gasteiger partial charge in [-0.15, -0.1) is 6.42 Å². The van der Waals surface area contributed by atoms with Crippen LogP contribution in [-0.4, -0.2) is 93.5 Å². The summed E-state index contributed by atoms with van der Waals surface area (Å²) in [7, 11) is 0. The van der Waals surface area contributed by atoms with Gasteiger partial charge in [0.05, 0.1) is 36.1 Å². The molecule has 6 heterocycles. The number of anilines is 2. The van der Waals surface area contributed by atoms with Crippen LogP contribution in [0, 0.1) is 29.9 Å². The molecule has 2 aromatic carbocycles. The number of hydrogen-bond acceptors (Lipinski definition) is 11. The number of amides is 1. The summed E-state index contributed by atoms with van der Waals surface area (Å²) in [5.74, 6) is 1.50. The van der Waals surface area contributed by atoms with Gasteiger partial charge < -0.3 is 35.1 Å². The highest BCUT2D eigenvalue weighted by Gasteiger charge is 2.52.